The largest absolute Gasteiger partial charge is 0.465 e. The molecular formula is C14H19NO3. The molecule has 18 heavy (non-hydrogen) atoms. The van der Waals surface area contributed by atoms with Gasteiger partial charge in [-0.15, -0.1) is 0 Å². The van der Waals surface area contributed by atoms with Crippen molar-refractivity contribution < 1.29 is 14.3 Å². The molecule has 1 fully saturated rings. The summed E-state index contributed by atoms with van der Waals surface area (Å²) in [5, 5.41) is 0. The number of nitrogens with zero attached hydrogens (tertiary/aromatic N) is 1. The first-order chi connectivity index (χ1) is 8.72. The quantitative estimate of drug-likeness (QED) is 0.719. The van der Waals surface area contributed by atoms with Crippen LogP contribution in [0.2, 0.25) is 0 Å². The van der Waals surface area contributed by atoms with Crippen molar-refractivity contribution in [2.24, 2.45) is 5.92 Å². The molecule has 0 bridgehead atoms. The van der Waals surface area contributed by atoms with Gasteiger partial charge in [0.05, 0.1) is 6.61 Å². The zero-order valence-electron chi connectivity index (χ0n) is 10.7. The Kier molecular flexibility index (Phi) is 4.18. The lowest BCUT2D eigenvalue weighted by Gasteiger charge is -2.28. The van der Waals surface area contributed by atoms with Gasteiger partial charge in [-0.25, -0.2) is 0 Å². The molecule has 1 saturated heterocycles. The number of rotatable bonds is 3. The zero-order valence-corrected chi connectivity index (χ0v) is 10.7. The van der Waals surface area contributed by atoms with Gasteiger partial charge in [-0.3, -0.25) is 9.59 Å². The Morgan fingerprint density at radius 3 is 3.17 bits per heavy atom. The van der Waals surface area contributed by atoms with Crippen molar-refractivity contribution in [3.05, 3.63) is 23.9 Å². The highest BCUT2D eigenvalue weighted by molar-refractivity contribution is 5.84. The van der Waals surface area contributed by atoms with Crippen LogP contribution in [0.1, 0.15) is 32.6 Å². The Bertz CT molecular complexity index is 398. The Labute approximate surface area is 107 Å². The first-order valence-electron chi connectivity index (χ1n) is 6.55. The van der Waals surface area contributed by atoms with Crippen LogP contribution in [0, 0.1) is 5.92 Å². The van der Waals surface area contributed by atoms with Gasteiger partial charge in [0.15, 0.2) is 0 Å². The molecule has 0 aromatic carbocycles. The van der Waals surface area contributed by atoms with Crippen molar-refractivity contribution in [3.63, 3.8) is 0 Å². The lowest BCUT2D eigenvalue weighted by molar-refractivity contribution is -0.147. The predicted octanol–water partition coefficient (Wildman–Crippen LogP) is 2.02. The van der Waals surface area contributed by atoms with Crippen molar-refractivity contribution in [1.29, 1.82) is 0 Å². The number of likely N-dealkylation sites (tertiary alicyclic amines) is 1. The maximum absolute atomic E-state index is 12.1. The van der Waals surface area contributed by atoms with Gasteiger partial charge < -0.3 is 9.64 Å². The summed E-state index contributed by atoms with van der Waals surface area (Å²) in [5.74, 6) is 0.0740. The van der Waals surface area contributed by atoms with Crippen molar-refractivity contribution in [2.45, 2.75) is 32.6 Å². The minimum atomic E-state index is -0.332. The third kappa shape index (κ3) is 2.81. The van der Waals surface area contributed by atoms with E-state index in [4.69, 9.17) is 4.74 Å². The molecule has 0 radical (unpaired) electrons. The van der Waals surface area contributed by atoms with Crippen molar-refractivity contribution in [3.8, 4) is 0 Å². The standard InChI is InChI=1S/C14H19NO3/c1-2-18-14(17)10-15-12-8-4-3-6-11(12)7-5-9-13(15)16/h3-4,8,11H,2,5-7,9-10H2,1H3. The van der Waals surface area contributed by atoms with E-state index in [-0.39, 0.29) is 18.4 Å². The molecule has 0 aromatic heterocycles. The first-order valence-corrected chi connectivity index (χ1v) is 6.55. The van der Waals surface area contributed by atoms with Crippen LogP contribution in [0.25, 0.3) is 0 Å². The van der Waals surface area contributed by atoms with E-state index in [1.54, 1.807) is 11.8 Å². The summed E-state index contributed by atoms with van der Waals surface area (Å²) in [6.07, 6.45) is 9.42. The second-order valence-corrected chi connectivity index (χ2v) is 4.63. The summed E-state index contributed by atoms with van der Waals surface area (Å²) in [4.78, 5) is 25.3. The van der Waals surface area contributed by atoms with Crippen LogP contribution >= 0.6 is 0 Å². The Morgan fingerprint density at radius 2 is 2.39 bits per heavy atom. The van der Waals surface area contributed by atoms with E-state index in [0.717, 1.165) is 25.0 Å². The van der Waals surface area contributed by atoms with E-state index in [2.05, 4.69) is 6.08 Å². The zero-order chi connectivity index (χ0) is 13.0. The second-order valence-electron chi connectivity index (χ2n) is 4.63. The van der Waals surface area contributed by atoms with Crippen LogP contribution < -0.4 is 0 Å². The highest BCUT2D eigenvalue weighted by atomic mass is 16.5. The van der Waals surface area contributed by atoms with Crippen molar-refractivity contribution in [2.75, 3.05) is 13.2 Å². The molecule has 4 heteroatoms. The molecule has 1 heterocycles. The predicted molar refractivity (Wildman–Crippen MR) is 67.5 cm³/mol. The summed E-state index contributed by atoms with van der Waals surface area (Å²) in [6, 6.07) is 0. The van der Waals surface area contributed by atoms with Crippen LogP contribution in [-0.2, 0) is 14.3 Å². The van der Waals surface area contributed by atoms with E-state index in [9.17, 15) is 9.59 Å². The number of hydrogen-bond donors (Lipinski definition) is 0. The van der Waals surface area contributed by atoms with Gasteiger partial charge in [0.2, 0.25) is 5.91 Å². The van der Waals surface area contributed by atoms with E-state index >= 15 is 0 Å². The maximum Gasteiger partial charge on any atom is 0.326 e. The van der Waals surface area contributed by atoms with E-state index < -0.39 is 0 Å². The van der Waals surface area contributed by atoms with E-state index in [1.165, 1.54) is 0 Å². The van der Waals surface area contributed by atoms with Gasteiger partial charge in [-0.2, -0.15) is 0 Å². The number of esters is 1. The van der Waals surface area contributed by atoms with Crippen molar-refractivity contribution in [1.82, 2.24) is 4.90 Å². The Balaban J connectivity index is 2.16. The number of carbonyl (C=O) groups excluding carboxylic acids is 2. The van der Waals surface area contributed by atoms with Gasteiger partial charge in [0.25, 0.3) is 0 Å². The SMILES string of the molecule is CCOC(=O)CN1C(=O)CCCC2CC=CC=C21. The van der Waals surface area contributed by atoms with Crippen LogP contribution in [0.15, 0.2) is 23.9 Å². The lowest BCUT2D eigenvalue weighted by Crippen LogP contribution is -2.36. The number of ether oxygens (including phenoxy) is 1. The van der Waals surface area contributed by atoms with E-state index in [0.29, 0.717) is 18.9 Å². The number of hydrogen-bond acceptors (Lipinski definition) is 3. The van der Waals surface area contributed by atoms with Gasteiger partial charge in [-0.05, 0) is 32.3 Å². The first kappa shape index (κ1) is 12.9. The number of fused-ring (bicyclic) bond motifs is 1. The highest BCUT2D eigenvalue weighted by Crippen LogP contribution is 2.32. The fourth-order valence-electron chi connectivity index (χ4n) is 2.54. The van der Waals surface area contributed by atoms with Gasteiger partial charge in [-0.1, -0.05) is 12.2 Å². The molecule has 1 atom stereocenters. The molecule has 0 saturated carbocycles. The molecular weight excluding hydrogens is 230 g/mol. The minimum absolute atomic E-state index is 0.0344. The summed E-state index contributed by atoms with van der Waals surface area (Å²) in [6.45, 7) is 2.17. The fourth-order valence-corrected chi connectivity index (χ4v) is 2.54. The fraction of sp³-hybridized carbons (Fsp3) is 0.571. The molecule has 1 amide bonds. The van der Waals surface area contributed by atoms with Crippen LogP contribution in [-0.4, -0.2) is 29.9 Å². The minimum Gasteiger partial charge on any atom is -0.465 e. The summed E-state index contributed by atoms with van der Waals surface area (Å²) >= 11 is 0. The van der Waals surface area contributed by atoms with E-state index in [1.807, 2.05) is 12.2 Å². The van der Waals surface area contributed by atoms with Gasteiger partial charge in [0.1, 0.15) is 6.54 Å². The topological polar surface area (TPSA) is 46.6 Å². The summed E-state index contributed by atoms with van der Waals surface area (Å²) in [5.41, 5.74) is 0.980. The van der Waals surface area contributed by atoms with Crippen LogP contribution in [0.4, 0.5) is 0 Å². The average Bonchev–Trinajstić information content (AvgIpc) is 2.51. The molecule has 1 aliphatic carbocycles. The molecule has 0 aromatic rings. The van der Waals surface area contributed by atoms with Gasteiger partial charge in [0, 0.05) is 18.0 Å². The number of carbonyl (C=O) groups is 2. The number of allylic oxidation sites excluding steroid dienone is 4. The number of amides is 1. The molecule has 1 aliphatic heterocycles. The summed E-state index contributed by atoms with van der Waals surface area (Å²) in [7, 11) is 0. The maximum atomic E-state index is 12.1. The third-order valence-electron chi connectivity index (χ3n) is 3.39. The second kappa shape index (κ2) is 5.85. The van der Waals surface area contributed by atoms with Crippen molar-refractivity contribution >= 4 is 11.9 Å². The third-order valence-corrected chi connectivity index (χ3v) is 3.39. The smallest absolute Gasteiger partial charge is 0.326 e. The molecule has 98 valence electrons. The highest BCUT2D eigenvalue weighted by Gasteiger charge is 2.30. The van der Waals surface area contributed by atoms with Gasteiger partial charge >= 0.3 is 5.97 Å². The molecule has 4 nitrogen and oxygen atoms in total. The molecule has 0 N–H and O–H groups in total. The lowest BCUT2D eigenvalue weighted by atomic mass is 9.92. The Hall–Kier alpha value is -1.58. The van der Waals surface area contributed by atoms with Crippen LogP contribution in [0.5, 0.6) is 0 Å². The molecule has 0 spiro atoms. The molecule has 2 aliphatic rings. The van der Waals surface area contributed by atoms with Crippen LogP contribution in [0.3, 0.4) is 0 Å². The normalized spacial score (nSPS) is 23.2. The average molecular weight is 249 g/mol. The molecule has 1 unspecified atom stereocenters. The Morgan fingerprint density at radius 1 is 1.56 bits per heavy atom. The molecule has 2 rings (SSSR count). The monoisotopic (exact) mass is 249 g/mol. The summed E-state index contributed by atoms with van der Waals surface area (Å²) < 4.78 is 4.94.